The van der Waals surface area contributed by atoms with Crippen LogP contribution < -0.4 is 16.0 Å². The van der Waals surface area contributed by atoms with E-state index in [-0.39, 0.29) is 16.2 Å². The van der Waals surface area contributed by atoms with Gasteiger partial charge in [0, 0.05) is 16.7 Å². The van der Waals surface area contributed by atoms with Gasteiger partial charge in [-0.3, -0.25) is 14.5 Å². The second-order valence-corrected chi connectivity index (χ2v) is 6.94. The lowest BCUT2D eigenvalue weighted by atomic mass is 10.3. The molecule has 0 bridgehead atoms. The number of aromatic nitrogens is 2. The number of oxazole rings is 1. The van der Waals surface area contributed by atoms with Crippen LogP contribution >= 0.6 is 15.9 Å². The number of aromatic amines is 2. The first-order valence-corrected chi connectivity index (χ1v) is 8.17. The van der Waals surface area contributed by atoms with E-state index in [0.717, 1.165) is 0 Å². The van der Waals surface area contributed by atoms with Gasteiger partial charge in [0.05, 0.1) is 10.4 Å². The van der Waals surface area contributed by atoms with Crippen LogP contribution in [0.25, 0.3) is 11.1 Å². The zero-order valence-corrected chi connectivity index (χ0v) is 13.1. The molecule has 0 radical (unpaired) electrons. The Morgan fingerprint density at radius 1 is 1.18 bits per heavy atom. The summed E-state index contributed by atoms with van der Waals surface area (Å²) in [6.07, 6.45) is 1.39. The Morgan fingerprint density at radius 2 is 1.95 bits per heavy atom. The van der Waals surface area contributed by atoms with Crippen molar-refractivity contribution >= 4 is 42.7 Å². The summed E-state index contributed by atoms with van der Waals surface area (Å²) in [5.41, 5.74) is -0.230. The minimum absolute atomic E-state index is 0.107. The molecule has 8 nitrogen and oxygen atoms in total. The van der Waals surface area contributed by atoms with Crippen molar-refractivity contribution in [3.05, 3.63) is 55.8 Å². The van der Waals surface area contributed by atoms with E-state index < -0.39 is 21.3 Å². The quantitative estimate of drug-likeness (QED) is 0.627. The van der Waals surface area contributed by atoms with Gasteiger partial charge in [0.15, 0.2) is 5.58 Å². The molecule has 0 unspecified atom stereocenters. The van der Waals surface area contributed by atoms with Gasteiger partial charge in [-0.2, -0.15) is 0 Å². The number of pyridine rings is 1. The van der Waals surface area contributed by atoms with Crippen molar-refractivity contribution in [3.63, 3.8) is 0 Å². The molecule has 0 amide bonds. The molecule has 0 aliphatic rings. The maximum atomic E-state index is 12.3. The molecular formula is C12H8BrN3O5S. The van der Waals surface area contributed by atoms with Gasteiger partial charge in [0.1, 0.15) is 5.69 Å². The normalized spacial score (nSPS) is 11.7. The van der Waals surface area contributed by atoms with Gasteiger partial charge in [-0.05, 0) is 34.1 Å². The molecule has 22 heavy (non-hydrogen) atoms. The summed E-state index contributed by atoms with van der Waals surface area (Å²) in [5, 5.41) is 0. The third kappa shape index (κ3) is 2.70. The van der Waals surface area contributed by atoms with Gasteiger partial charge in [-0.1, -0.05) is 0 Å². The van der Waals surface area contributed by atoms with Gasteiger partial charge in [0.2, 0.25) is 0 Å². The maximum absolute atomic E-state index is 12.3. The standard InChI is InChI=1S/C12H8BrN3O5S/c13-6-3-9(11(17)14-5-6)16-22(19,20)7-1-2-8-10(4-7)21-12(18)15-8/h1-5,16H,(H,14,17)(H,15,18). The highest BCUT2D eigenvalue weighted by atomic mass is 79.9. The Kier molecular flexibility index (Phi) is 3.41. The van der Waals surface area contributed by atoms with Crippen LogP contribution in [0.2, 0.25) is 0 Å². The molecule has 3 rings (SSSR count). The van der Waals surface area contributed by atoms with Gasteiger partial charge in [0.25, 0.3) is 15.6 Å². The Balaban J connectivity index is 2.05. The minimum atomic E-state index is -4.00. The van der Waals surface area contributed by atoms with Gasteiger partial charge < -0.3 is 9.40 Å². The summed E-state index contributed by atoms with van der Waals surface area (Å²) in [4.78, 5) is 27.4. The van der Waals surface area contributed by atoms with E-state index in [9.17, 15) is 18.0 Å². The fourth-order valence-corrected chi connectivity index (χ4v) is 3.24. The number of fused-ring (bicyclic) bond motifs is 1. The lowest BCUT2D eigenvalue weighted by molar-refractivity contribution is 0.554. The second-order valence-electron chi connectivity index (χ2n) is 4.34. The summed E-state index contributed by atoms with van der Waals surface area (Å²) in [6, 6.07) is 5.23. The fraction of sp³-hybridized carbons (Fsp3) is 0. The summed E-state index contributed by atoms with van der Waals surface area (Å²) in [6.45, 7) is 0. The molecular weight excluding hydrogens is 378 g/mol. The lowest BCUT2D eigenvalue weighted by Gasteiger charge is -2.07. The number of hydrogen-bond donors (Lipinski definition) is 3. The molecule has 0 aliphatic carbocycles. The molecule has 1 aromatic carbocycles. The second kappa shape index (κ2) is 5.14. The zero-order valence-electron chi connectivity index (χ0n) is 10.7. The van der Waals surface area contributed by atoms with Crippen LogP contribution in [-0.4, -0.2) is 18.4 Å². The fourth-order valence-electron chi connectivity index (χ4n) is 1.83. The molecule has 3 aromatic rings. The van der Waals surface area contributed by atoms with Crippen LogP contribution in [0.1, 0.15) is 0 Å². The number of halogens is 1. The molecule has 0 atom stereocenters. The number of sulfonamides is 1. The van der Waals surface area contributed by atoms with Crippen molar-refractivity contribution in [2.45, 2.75) is 4.90 Å². The van der Waals surface area contributed by atoms with Crippen molar-refractivity contribution in [2.75, 3.05) is 4.72 Å². The van der Waals surface area contributed by atoms with E-state index in [2.05, 4.69) is 30.6 Å². The Hall–Kier alpha value is -2.33. The summed E-state index contributed by atoms with van der Waals surface area (Å²) < 4.78 is 32.1. The molecule has 0 saturated carbocycles. The third-order valence-corrected chi connectivity index (χ3v) is 4.64. The van der Waals surface area contributed by atoms with E-state index in [4.69, 9.17) is 4.42 Å². The average molecular weight is 386 g/mol. The van der Waals surface area contributed by atoms with Gasteiger partial charge >= 0.3 is 5.76 Å². The highest BCUT2D eigenvalue weighted by Gasteiger charge is 2.17. The van der Waals surface area contributed by atoms with E-state index in [1.807, 2.05) is 0 Å². The van der Waals surface area contributed by atoms with Crippen LogP contribution in [-0.2, 0) is 10.0 Å². The van der Waals surface area contributed by atoms with E-state index in [0.29, 0.717) is 9.99 Å². The van der Waals surface area contributed by atoms with E-state index >= 15 is 0 Å². The number of hydrogen-bond acceptors (Lipinski definition) is 5. The summed E-state index contributed by atoms with van der Waals surface area (Å²) in [5.74, 6) is -0.680. The van der Waals surface area contributed by atoms with Crippen molar-refractivity contribution in [1.29, 1.82) is 0 Å². The first-order chi connectivity index (χ1) is 10.3. The van der Waals surface area contributed by atoms with E-state index in [1.165, 1.54) is 30.5 Å². The molecule has 0 saturated heterocycles. The van der Waals surface area contributed by atoms with Crippen LogP contribution in [0.15, 0.2) is 53.8 Å². The Morgan fingerprint density at radius 3 is 2.73 bits per heavy atom. The number of rotatable bonds is 3. The minimum Gasteiger partial charge on any atom is -0.408 e. The SMILES string of the molecule is O=c1[nH]c2ccc(S(=O)(=O)Nc3cc(Br)c[nH]c3=O)cc2o1. The molecule has 3 N–H and O–H groups in total. The van der Waals surface area contributed by atoms with Crippen LogP contribution in [0.4, 0.5) is 5.69 Å². The molecule has 2 aromatic heterocycles. The van der Waals surface area contributed by atoms with Crippen molar-refractivity contribution < 1.29 is 12.8 Å². The van der Waals surface area contributed by atoms with Crippen molar-refractivity contribution in [3.8, 4) is 0 Å². The largest absolute Gasteiger partial charge is 0.417 e. The van der Waals surface area contributed by atoms with Crippen LogP contribution in [0.3, 0.4) is 0 Å². The zero-order chi connectivity index (χ0) is 15.9. The van der Waals surface area contributed by atoms with Crippen LogP contribution in [0.5, 0.6) is 0 Å². The molecule has 114 valence electrons. The van der Waals surface area contributed by atoms with E-state index in [1.54, 1.807) is 0 Å². The van der Waals surface area contributed by atoms with Crippen molar-refractivity contribution in [1.82, 2.24) is 9.97 Å². The predicted octanol–water partition coefficient (Wildman–Crippen LogP) is 1.37. The summed E-state index contributed by atoms with van der Waals surface area (Å²) >= 11 is 3.14. The first kappa shape index (κ1) is 14.6. The maximum Gasteiger partial charge on any atom is 0.417 e. The number of benzene rings is 1. The Bertz CT molecular complexity index is 1080. The molecule has 0 aliphatic heterocycles. The molecule has 10 heteroatoms. The van der Waals surface area contributed by atoms with Crippen LogP contribution in [0, 0.1) is 0 Å². The lowest BCUT2D eigenvalue weighted by Crippen LogP contribution is -2.20. The number of nitrogens with one attached hydrogen (secondary N) is 3. The monoisotopic (exact) mass is 385 g/mol. The molecule has 0 fully saturated rings. The smallest absolute Gasteiger partial charge is 0.408 e. The highest BCUT2D eigenvalue weighted by molar-refractivity contribution is 9.10. The topological polar surface area (TPSA) is 125 Å². The van der Waals surface area contributed by atoms with Gasteiger partial charge in [-0.15, -0.1) is 0 Å². The Labute approximate surface area is 131 Å². The number of H-pyrrole nitrogens is 2. The van der Waals surface area contributed by atoms with Crippen molar-refractivity contribution in [2.24, 2.45) is 0 Å². The average Bonchev–Trinajstić information content (AvgIpc) is 2.81. The first-order valence-electron chi connectivity index (χ1n) is 5.89. The number of anilines is 1. The highest BCUT2D eigenvalue weighted by Crippen LogP contribution is 2.19. The molecule has 2 heterocycles. The third-order valence-electron chi connectivity index (χ3n) is 2.82. The molecule has 0 spiro atoms. The summed E-state index contributed by atoms with van der Waals surface area (Å²) in [7, 11) is -4.00. The predicted molar refractivity (Wildman–Crippen MR) is 82.4 cm³/mol. The van der Waals surface area contributed by atoms with Gasteiger partial charge in [-0.25, -0.2) is 13.2 Å².